The monoisotopic (exact) mass is 282 g/mol. The highest BCUT2D eigenvalue weighted by atomic mass is 79.9. The first-order valence-corrected chi connectivity index (χ1v) is 6.25. The van der Waals surface area contributed by atoms with Crippen molar-refractivity contribution in [3.8, 4) is 5.75 Å². The van der Waals surface area contributed by atoms with Crippen molar-refractivity contribution in [2.45, 2.75) is 20.3 Å². The van der Waals surface area contributed by atoms with Gasteiger partial charge in [0.1, 0.15) is 5.75 Å². The number of aromatic hydroxyl groups is 1. The summed E-state index contributed by atoms with van der Waals surface area (Å²) < 4.78 is 0. The summed E-state index contributed by atoms with van der Waals surface area (Å²) >= 11 is 3.34. The average molecular weight is 283 g/mol. The van der Waals surface area contributed by atoms with Crippen LogP contribution in [0.25, 0.3) is 6.08 Å². The Hall–Kier alpha value is -1.09. The van der Waals surface area contributed by atoms with E-state index >= 15 is 0 Å². The van der Waals surface area contributed by atoms with Crippen LogP contribution in [0, 0.1) is 6.92 Å². The van der Waals surface area contributed by atoms with E-state index in [-0.39, 0.29) is 11.5 Å². The van der Waals surface area contributed by atoms with Gasteiger partial charge in [-0.3, -0.25) is 4.79 Å². The fraction of sp³-hybridized carbons (Fsp3) is 0.308. The normalized spacial score (nSPS) is 10.9. The molecule has 2 nitrogen and oxygen atoms in total. The third kappa shape index (κ3) is 3.20. The van der Waals surface area contributed by atoms with Crippen molar-refractivity contribution in [2.24, 2.45) is 0 Å². The molecule has 1 N–H and O–H groups in total. The van der Waals surface area contributed by atoms with Crippen molar-refractivity contribution in [1.29, 1.82) is 0 Å². The molecular weight excluding hydrogens is 268 g/mol. The number of phenols is 1. The molecule has 1 rings (SSSR count). The number of alkyl halides is 1. The molecule has 86 valence electrons. The summed E-state index contributed by atoms with van der Waals surface area (Å²) in [6, 6.07) is 3.36. The van der Waals surface area contributed by atoms with Gasteiger partial charge in [-0.15, -0.1) is 0 Å². The molecule has 16 heavy (non-hydrogen) atoms. The molecule has 0 aromatic heterocycles. The van der Waals surface area contributed by atoms with Gasteiger partial charge >= 0.3 is 0 Å². The Bertz CT molecular complexity index is 422. The molecule has 0 amide bonds. The predicted octanol–water partition coefficient (Wildman–Crippen LogP) is 3.70. The van der Waals surface area contributed by atoms with E-state index in [0.717, 1.165) is 22.9 Å². The Morgan fingerprint density at radius 2 is 2.19 bits per heavy atom. The maximum Gasteiger partial charge on any atom is 0.163 e. The van der Waals surface area contributed by atoms with Crippen LogP contribution in [0.4, 0.5) is 0 Å². The van der Waals surface area contributed by atoms with Crippen LogP contribution in [-0.4, -0.2) is 16.2 Å². The molecule has 0 atom stereocenters. The molecule has 3 heteroatoms. The number of carbonyl (C=O) groups is 1. The molecule has 0 aliphatic heterocycles. The van der Waals surface area contributed by atoms with Crippen molar-refractivity contribution in [3.63, 3.8) is 0 Å². The van der Waals surface area contributed by atoms with Crippen LogP contribution in [-0.2, 0) is 0 Å². The quantitative estimate of drug-likeness (QED) is 0.675. The maximum atomic E-state index is 11.2. The van der Waals surface area contributed by atoms with E-state index in [1.165, 1.54) is 6.92 Å². The predicted molar refractivity (Wildman–Crippen MR) is 70.3 cm³/mol. The summed E-state index contributed by atoms with van der Waals surface area (Å²) in [6.07, 6.45) is 4.93. The van der Waals surface area contributed by atoms with Crippen molar-refractivity contribution in [1.82, 2.24) is 0 Å². The number of allylic oxidation sites excluding steroid dienone is 1. The second kappa shape index (κ2) is 5.85. The summed E-state index contributed by atoms with van der Waals surface area (Å²) in [6.45, 7) is 3.38. The van der Waals surface area contributed by atoms with E-state index < -0.39 is 0 Å². The molecule has 0 bridgehead atoms. The topological polar surface area (TPSA) is 37.3 Å². The molecule has 0 radical (unpaired) electrons. The first kappa shape index (κ1) is 13.0. The number of aryl methyl sites for hydroxylation is 1. The van der Waals surface area contributed by atoms with Crippen LogP contribution in [0.15, 0.2) is 18.2 Å². The standard InChI is InChI=1S/C13H15BrO2/c1-9-7-12(10(2)15)13(16)8-11(9)5-3-4-6-14/h3,5,7-8,16H,4,6H2,1-2H3. The van der Waals surface area contributed by atoms with Gasteiger partial charge < -0.3 is 5.11 Å². The van der Waals surface area contributed by atoms with Gasteiger partial charge in [0.25, 0.3) is 0 Å². The number of hydrogen-bond acceptors (Lipinski definition) is 2. The second-order valence-corrected chi connectivity index (χ2v) is 4.46. The molecule has 0 heterocycles. The third-order valence-electron chi connectivity index (χ3n) is 2.34. The first-order chi connectivity index (χ1) is 7.56. The zero-order valence-corrected chi connectivity index (χ0v) is 11.0. The van der Waals surface area contributed by atoms with E-state index in [1.54, 1.807) is 12.1 Å². The minimum atomic E-state index is -0.114. The van der Waals surface area contributed by atoms with Crippen LogP contribution in [0.2, 0.25) is 0 Å². The van der Waals surface area contributed by atoms with Gasteiger partial charge in [0.2, 0.25) is 0 Å². The summed E-state index contributed by atoms with van der Waals surface area (Å²) in [4.78, 5) is 11.2. The van der Waals surface area contributed by atoms with Crippen LogP contribution < -0.4 is 0 Å². The summed E-state index contributed by atoms with van der Waals surface area (Å²) in [7, 11) is 0. The molecule has 1 aromatic carbocycles. The number of hydrogen-bond donors (Lipinski definition) is 1. The smallest absolute Gasteiger partial charge is 0.163 e. The molecule has 0 saturated carbocycles. The SMILES string of the molecule is CC(=O)c1cc(C)c(C=CCCBr)cc1O. The zero-order chi connectivity index (χ0) is 12.1. The number of phenolic OH excluding ortho intramolecular Hbond substituents is 1. The fourth-order valence-electron chi connectivity index (χ4n) is 1.45. The lowest BCUT2D eigenvalue weighted by Gasteiger charge is -2.06. The number of ketones is 1. The number of carbonyl (C=O) groups excluding carboxylic acids is 1. The Balaban J connectivity index is 3.05. The molecule has 0 saturated heterocycles. The van der Waals surface area contributed by atoms with Gasteiger partial charge in [-0.25, -0.2) is 0 Å². The van der Waals surface area contributed by atoms with Crippen LogP contribution >= 0.6 is 15.9 Å². The summed E-state index contributed by atoms with van der Waals surface area (Å²) in [5, 5.41) is 10.6. The lowest BCUT2D eigenvalue weighted by Crippen LogP contribution is -1.95. The van der Waals surface area contributed by atoms with Crippen molar-refractivity contribution in [2.75, 3.05) is 5.33 Å². The molecule has 0 spiro atoms. The molecule has 1 aromatic rings. The first-order valence-electron chi connectivity index (χ1n) is 5.13. The highest BCUT2D eigenvalue weighted by molar-refractivity contribution is 9.09. The number of halogens is 1. The number of rotatable bonds is 4. The number of Topliss-reactive ketones (excluding diaryl/α,β-unsaturated/α-hetero) is 1. The van der Waals surface area contributed by atoms with Gasteiger partial charge in [0, 0.05) is 5.33 Å². The highest BCUT2D eigenvalue weighted by Gasteiger charge is 2.08. The maximum absolute atomic E-state index is 11.2. The molecule has 0 unspecified atom stereocenters. The number of benzene rings is 1. The van der Waals surface area contributed by atoms with Crippen LogP contribution in [0.3, 0.4) is 0 Å². The van der Waals surface area contributed by atoms with Crippen molar-refractivity contribution in [3.05, 3.63) is 34.9 Å². The van der Waals surface area contributed by atoms with E-state index in [1.807, 2.05) is 19.1 Å². The van der Waals surface area contributed by atoms with Gasteiger partial charge in [-0.05, 0) is 43.5 Å². The average Bonchev–Trinajstić information content (AvgIpc) is 2.22. The van der Waals surface area contributed by atoms with E-state index in [2.05, 4.69) is 15.9 Å². The Morgan fingerprint density at radius 3 is 2.75 bits per heavy atom. The largest absolute Gasteiger partial charge is 0.507 e. The van der Waals surface area contributed by atoms with E-state index in [0.29, 0.717) is 5.56 Å². The minimum absolute atomic E-state index is 0.0524. The molecule has 0 aliphatic rings. The lowest BCUT2D eigenvalue weighted by molar-refractivity contribution is 0.101. The Labute approximate surface area is 104 Å². The zero-order valence-electron chi connectivity index (χ0n) is 9.46. The lowest BCUT2D eigenvalue weighted by atomic mass is 10.0. The van der Waals surface area contributed by atoms with E-state index in [9.17, 15) is 9.90 Å². The molecular formula is C13H15BrO2. The Morgan fingerprint density at radius 1 is 1.50 bits per heavy atom. The van der Waals surface area contributed by atoms with Gasteiger partial charge in [0.05, 0.1) is 5.56 Å². The van der Waals surface area contributed by atoms with Crippen molar-refractivity contribution >= 4 is 27.8 Å². The Kier molecular flexibility index (Phi) is 4.74. The molecule has 0 fully saturated rings. The fourth-order valence-corrected chi connectivity index (χ4v) is 1.71. The second-order valence-electron chi connectivity index (χ2n) is 3.66. The summed E-state index contributed by atoms with van der Waals surface area (Å²) in [5.41, 5.74) is 2.33. The van der Waals surface area contributed by atoms with Gasteiger partial charge in [-0.1, -0.05) is 28.1 Å². The van der Waals surface area contributed by atoms with E-state index in [4.69, 9.17) is 0 Å². The third-order valence-corrected chi connectivity index (χ3v) is 2.79. The molecule has 0 aliphatic carbocycles. The van der Waals surface area contributed by atoms with Gasteiger partial charge in [0.15, 0.2) is 5.78 Å². The highest BCUT2D eigenvalue weighted by Crippen LogP contribution is 2.23. The van der Waals surface area contributed by atoms with Crippen LogP contribution in [0.5, 0.6) is 5.75 Å². The minimum Gasteiger partial charge on any atom is -0.507 e. The van der Waals surface area contributed by atoms with Gasteiger partial charge in [-0.2, -0.15) is 0 Å². The van der Waals surface area contributed by atoms with Crippen LogP contribution in [0.1, 0.15) is 34.8 Å². The van der Waals surface area contributed by atoms with Crippen molar-refractivity contribution < 1.29 is 9.90 Å². The summed E-state index contributed by atoms with van der Waals surface area (Å²) in [5.74, 6) is -0.0619.